The molecular formula is C26H26FNO3. The molecule has 6 atom stereocenters. The number of ether oxygens (including phenoxy) is 1. The summed E-state index contributed by atoms with van der Waals surface area (Å²) in [6.45, 7) is 1.99. The fraction of sp³-hybridized carbons (Fsp3) is 0.423. The Morgan fingerprint density at radius 2 is 2.03 bits per heavy atom. The number of carbonyl (C=O) groups is 2. The lowest BCUT2D eigenvalue weighted by molar-refractivity contribution is -0.144. The van der Waals surface area contributed by atoms with E-state index in [0.29, 0.717) is 24.5 Å². The Bertz CT molecular complexity index is 1030. The molecule has 2 heterocycles. The average molecular weight is 419 g/mol. The molecule has 5 heteroatoms. The summed E-state index contributed by atoms with van der Waals surface area (Å²) in [5.41, 5.74) is 2.48. The first kappa shape index (κ1) is 20.1. The number of esters is 1. The number of rotatable bonds is 3. The molecule has 1 saturated heterocycles. The van der Waals surface area contributed by atoms with Gasteiger partial charge < -0.3 is 4.74 Å². The lowest BCUT2D eigenvalue weighted by Crippen LogP contribution is -2.44. The van der Waals surface area contributed by atoms with Crippen molar-refractivity contribution in [2.24, 2.45) is 29.6 Å². The summed E-state index contributed by atoms with van der Waals surface area (Å²) in [4.78, 5) is 29.0. The van der Waals surface area contributed by atoms with Gasteiger partial charge in [0.05, 0.1) is 11.6 Å². The minimum Gasteiger partial charge on any atom is -0.462 e. The van der Waals surface area contributed by atoms with Crippen molar-refractivity contribution in [1.29, 1.82) is 0 Å². The number of carbonyl (C=O) groups excluding carboxylic acids is 2. The van der Waals surface area contributed by atoms with Crippen molar-refractivity contribution in [1.82, 2.24) is 4.98 Å². The molecule has 1 aromatic carbocycles. The minimum absolute atomic E-state index is 0.103. The number of nitrogens with zero attached hydrogens (tertiary/aromatic N) is 1. The van der Waals surface area contributed by atoms with Crippen LogP contribution in [0.3, 0.4) is 0 Å². The van der Waals surface area contributed by atoms with Crippen LogP contribution in [0.4, 0.5) is 4.39 Å². The van der Waals surface area contributed by atoms with E-state index in [4.69, 9.17) is 4.74 Å². The molecule has 160 valence electrons. The summed E-state index contributed by atoms with van der Waals surface area (Å²) < 4.78 is 19.1. The fourth-order valence-corrected chi connectivity index (χ4v) is 5.98. The van der Waals surface area contributed by atoms with Gasteiger partial charge in [0.2, 0.25) is 0 Å². The summed E-state index contributed by atoms with van der Waals surface area (Å²) in [6.07, 6.45) is 8.73. The summed E-state index contributed by atoms with van der Waals surface area (Å²) >= 11 is 0. The highest BCUT2D eigenvalue weighted by molar-refractivity contribution is 5.80. The molecule has 0 N–H and O–H groups in total. The van der Waals surface area contributed by atoms with Crippen LogP contribution in [0.15, 0.2) is 48.7 Å². The highest BCUT2D eigenvalue weighted by atomic mass is 19.1. The fourth-order valence-electron chi connectivity index (χ4n) is 5.98. The molecule has 0 radical (unpaired) electrons. The van der Waals surface area contributed by atoms with Crippen LogP contribution < -0.4 is 0 Å². The molecule has 1 aliphatic heterocycles. The molecule has 2 aliphatic carbocycles. The Kier molecular flexibility index (Phi) is 5.20. The molecule has 4 nitrogen and oxygen atoms in total. The van der Waals surface area contributed by atoms with Gasteiger partial charge in [0.1, 0.15) is 17.7 Å². The van der Waals surface area contributed by atoms with Crippen LogP contribution in [0.1, 0.15) is 38.3 Å². The van der Waals surface area contributed by atoms with Crippen molar-refractivity contribution >= 4 is 17.8 Å². The Balaban J connectivity index is 1.40. The lowest BCUT2D eigenvalue weighted by atomic mass is 9.57. The molecule has 2 saturated carbocycles. The Hall–Kier alpha value is -2.82. The number of ketones is 1. The molecule has 3 aliphatic rings. The van der Waals surface area contributed by atoms with Crippen LogP contribution in [-0.4, -0.2) is 22.8 Å². The average Bonchev–Trinajstić information content (AvgIpc) is 3.04. The summed E-state index contributed by atoms with van der Waals surface area (Å²) in [5.74, 6) is 0.850. The summed E-state index contributed by atoms with van der Waals surface area (Å²) in [7, 11) is 0. The smallest absolute Gasteiger partial charge is 0.309 e. The van der Waals surface area contributed by atoms with Crippen LogP contribution in [0.25, 0.3) is 17.2 Å². The van der Waals surface area contributed by atoms with Crippen molar-refractivity contribution in [2.45, 2.75) is 38.7 Å². The molecule has 3 fully saturated rings. The molecular weight excluding hydrogens is 393 g/mol. The zero-order valence-electron chi connectivity index (χ0n) is 17.5. The van der Waals surface area contributed by atoms with Crippen LogP contribution in [-0.2, 0) is 14.3 Å². The standard InChI is InChI=1S/C26H26FNO3/c1-15-25-23(22-10-8-21(29)12-18(22)13-24(25)26(30)31-15)9-7-20-6-5-17(14-28-20)16-3-2-4-19(27)11-16/h2-7,9,11,14-15,18,22-25H,8,10,12-13H2,1H3/b9-7+. The van der Waals surface area contributed by atoms with Crippen molar-refractivity contribution in [3.05, 3.63) is 60.2 Å². The Morgan fingerprint density at radius 1 is 1.16 bits per heavy atom. The van der Waals surface area contributed by atoms with Crippen molar-refractivity contribution in [3.8, 4) is 11.1 Å². The van der Waals surface area contributed by atoms with Crippen LogP contribution in [0.5, 0.6) is 0 Å². The van der Waals surface area contributed by atoms with Gasteiger partial charge >= 0.3 is 5.97 Å². The third kappa shape index (κ3) is 3.82. The monoisotopic (exact) mass is 419 g/mol. The highest BCUT2D eigenvalue weighted by Gasteiger charge is 2.54. The number of hydrogen-bond donors (Lipinski definition) is 0. The predicted molar refractivity (Wildman–Crippen MR) is 115 cm³/mol. The number of cyclic esters (lactones) is 1. The molecule has 1 aromatic heterocycles. The van der Waals surface area contributed by atoms with Gasteiger partial charge in [-0.1, -0.05) is 24.3 Å². The van der Waals surface area contributed by atoms with E-state index in [9.17, 15) is 14.0 Å². The molecule has 0 amide bonds. The number of aromatic nitrogens is 1. The predicted octanol–water partition coefficient (Wildman–Crippen LogP) is 5.08. The molecule has 2 aromatic rings. The van der Waals surface area contributed by atoms with E-state index in [-0.39, 0.29) is 41.6 Å². The van der Waals surface area contributed by atoms with E-state index in [0.717, 1.165) is 29.7 Å². The molecule has 0 bridgehead atoms. The van der Waals surface area contributed by atoms with E-state index < -0.39 is 0 Å². The minimum atomic E-state index is -0.267. The van der Waals surface area contributed by atoms with Gasteiger partial charge in [0, 0.05) is 30.5 Å². The topological polar surface area (TPSA) is 56.3 Å². The van der Waals surface area contributed by atoms with Crippen LogP contribution in [0, 0.1) is 35.4 Å². The zero-order valence-corrected chi connectivity index (χ0v) is 17.5. The number of benzene rings is 1. The normalized spacial score (nSPS) is 32.6. The Labute approximate surface area is 181 Å². The number of allylic oxidation sites excluding steroid dienone is 1. The van der Waals surface area contributed by atoms with Gasteiger partial charge in [-0.05, 0) is 67.4 Å². The lowest BCUT2D eigenvalue weighted by Gasteiger charge is -2.45. The summed E-state index contributed by atoms with van der Waals surface area (Å²) in [5, 5.41) is 0. The third-order valence-corrected chi connectivity index (χ3v) is 7.39. The third-order valence-electron chi connectivity index (χ3n) is 7.39. The van der Waals surface area contributed by atoms with Crippen molar-refractivity contribution < 1.29 is 18.7 Å². The van der Waals surface area contributed by atoms with Crippen LogP contribution in [0.2, 0.25) is 0 Å². The molecule has 31 heavy (non-hydrogen) atoms. The maximum atomic E-state index is 13.5. The first-order chi connectivity index (χ1) is 15.0. The van der Waals surface area contributed by atoms with Gasteiger partial charge in [0.25, 0.3) is 0 Å². The maximum Gasteiger partial charge on any atom is 0.309 e. The van der Waals surface area contributed by atoms with Gasteiger partial charge in [-0.2, -0.15) is 0 Å². The Morgan fingerprint density at radius 3 is 2.81 bits per heavy atom. The number of halogens is 1. The maximum absolute atomic E-state index is 13.5. The van der Waals surface area contributed by atoms with Crippen molar-refractivity contribution in [2.75, 3.05) is 0 Å². The zero-order chi connectivity index (χ0) is 21.5. The number of Topliss-reactive ketones (excluding diaryl/α,β-unsaturated/α-hetero) is 1. The van der Waals surface area contributed by atoms with Gasteiger partial charge in [0.15, 0.2) is 0 Å². The van der Waals surface area contributed by atoms with Gasteiger partial charge in [-0.3, -0.25) is 14.6 Å². The summed E-state index contributed by atoms with van der Waals surface area (Å²) in [6, 6.07) is 10.3. The second-order valence-corrected chi connectivity index (χ2v) is 9.19. The second kappa shape index (κ2) is 8.03. The van der Waals surface area contributed by atoms with Gasteiger partial charge in [-0.15, -0.1) is 0 Å². The van der Waals surface area contributed by atoms with Crippen molar-refractivity contribution in [3.63, 3.8) is 0 Å². The van der Waals surface area contributed by atoms with E-state index in [1.807, 2.05) is 31.2 Å². The second-order valence-electron chi connectivity index (χ2n) is 9.19. The first-order valence-corrected chi connectivity index (χ1v) is 11.1. The van der Waals surface area contributed by atoms with E-state index >= 15 is 0 Å². The number of pyridine rings is 1. The highest BCUT2D eigenvalue weighted by Crippen LogP contribution is 2.53. The van der Waals surface area contributed by atoms with E-state index in [2.05, 4.69) is 11.1 Å². The molecule has 5 rings (SSSR count). The van der Waals surface area contributed by atoms with E-state index in [1.165, 1.54) is 12.1 Å². The molecule has 0 spiro atoms. The molecule has 6 unspecified atom stereocenters. The largest absolute Gasteiger partial charge is 0.462 e. The van der Waals surface area contributed by atoms with Gasteiger partial charge in [-0.25, -0.2) is 4.39 Å². The van der Waals surface area contributed by atoms with E-state index in [1.54, 1.807) is 12.3 Å². The SMILES string of the molecule is CC1OC(=O)C2CC3CC(=O)CCC3C(/C=C/c3ccc(-c4cccc(F)c4)cn3)C12. The quantitative estimate of drug-likeness (QED) is 0.651. The number of hydrogen-bond acceptors (Lipinski definition) is 4. The van der Waals surface area contributed by atoms with Crippen LogP contribution >= 0.6 is 0 Å². The number of fused-ring (bicyclic) bond motifs is 2. The first-order valence-electron chi connectivity index (χ1n) is 11.1.